The number of para-hydroxylation sites is 1. The molecule has 1 atom stereocenters. The van der Waals surface area contributed by atoms with E-state index in [2.05, 4.69) is 4.98 Å². The van der Waals surface area contributed by atoms with E-state index in [0.29, 0.717) is 10.9 Å². The molecule has 0 spiro atoms. The molecule has 0 amide bonds. The van der Waals surface area contributed by atoms with Crippen LogP contribution >= 0.6 is 11.6 Å². The number of Topliss-reactive ketones (excluding diaryl/α,β-unsaturated/α-hetero) is 1. The van der Waals surface area contributed by atoms with Crippen molar-refractivity contribution >= 4 is 39.9 Å². The van der Waals surface area contributed by atoms with Gasteiger partial charge in [0, 0.05) is 34.8 Å². The molecule has 0 radical (unpaired) electrons. The number of nitrogens with one attached hydrogen (secondary N) is 1. The number of nitro groups is 1. The maximum absolute atomic E-state index is 12.6. The van der Waals surface area contributed by atoms with Crippen LogP contribution in [0.4, 0.5) is 5.69 Å². The Bertz CT molecular complexity index is 1030. The molecule has 1 N–H and O–H groups in total. The molecule has 8 heteroatoms. The SMILES string of the molecule is C[C@H](OC(=O)c1cc([N+](=O)[O-])ccc1Cl)C(=O)c1c[nH]c2ccccc12. The molecule has 132 valence electrons. The first kappa shape index (κ1) is 17.6. The number of nitro benzene ring substituents is 1. The predicted octanol–water partition coefficient (Wildman–Crippen LogP) is 4.16. The summed E-state index contributed by atoms with van der Waals surface area (Å²) in [4.78, 5) is 38.1. The van der Waals surface area contributed by atoms with Crippen LogP contribution in [0.25, 0.3) is 10.9 Å². The second-order valence-corrected chi connectivity index (χ2v) is 5.99. The van der Waals surface area contributed by atoms with Crippen molar-refractivity contribution in [3.8, 4) is 0 Å². The molecule has 0 aliphatic heterocycles. The van der Waals surface area contributed by atoms with E-state index in [-0.39, 0.29) is 16.3 Å². The number of benzene rings is 2. The quantitative estimate of drug-likeness (QED) is 0.313. The van der Waals surface area contributed by atoms with E-state index in [1.807, 2.05) is 12.1 Å². The van der Waals surface area contributed by atoms with E-state index < -0.39 is 22.8 Å². The largest absolute Gasteiger partial charge is 0.451 e. The average molecular weight is 373 g/mol. The third-order valence-corrected chi connectivity index (χ3v) is 4.22. The molecule has 1 heterocycles. The van der Waals surface area contributed by atoms with Gasteiger partial charge in [-0.15, -0.1) is 0 Å². The number of H-pyrrole nitrogens is 1. The second kappa shape index (κ2) is 6.97. The number of carbonyl (C=O) groups is 2. The number of non-ortho nitro benzene ring substituents is 1. The number of ether oxygens (including phenoxy) is 1. The van der Waals surface area contributed by atoms with Gasteiger partial charge in [-0.25, -0.2) is 4.79 Å². The van der Waals surface area contributed by atoms with E-state index in [1.165, 1.54) is 19.1 Å². The Morgan fingerprint density at radius 1 is 1.19 bits per heavy atom. The summed E-state index contributed by atoms with van der Waals surface area (Å²) >= 11 is 5.92. The van der Waals surface area contributed by atoms with Gasteiger partial charge in [-0.3, -0.25) is 14.9 Å². The van der Waals surface area contributed by atoms with Crippen molar-refractivity contribution in [3.63, 3.8) is 0 Å². The first-order chi connectivity index (χ1) is 12.4. The average Bonchev–Trinajstić information content (AvgIpc) is 3.05. The molecule has 0 unspecified atom stereocenters. The third kappa shape index (κ3) is 3.29. The summed E-state index contributed by atoms with van der Waals surface area (Å²) in [7, 11) is 0. The highest BCUT2D eigenvalue weighted by Crippen LogP contribution is 2.24. The number of aromatic nitrogens is 1. The number of hydrogen-bond acceptors (Lipinski definition) is 5. The lowest BCUT2D eigenvalue weighted by atomic mass is 10.1. The first-order valence-corrected chi connectivity index (χ1v) is 8.01. The third-order valence-electron chi connectivity index (χ3n) is 3.89. The minimum Gasteiger partial charge on any atom is -0.451 e. The highest BCUT2D eigenvalue weighted by molar-refractivity contribution is 6.33. The Balaban J connectivity index is 1.82. The summed E-state index contributed by atoms with van der Waals surface area (Å²) in [6.45, 7) is 1.44. The molecule has 3 aromatic rings. The molecule has 2 aromatic carbocycles. The van der Waals surface area contributed by atoms with E-state index in [9.17, 15) is 19.7 Å². The number of carbonyl (C=O) groups excluding carboxylic acids is 2. The van der Waals surface area contributed by atoms with Crippen LogP contribution in [0, 0.1) is 10.1 Å². The molecular formula is C18H13ClN2O5. The summed E-state index contributed by atoms with van der Waals surface area (Å²) in [5, 5.41) is 11.6. The van der Waals surface area contributed by atoms with Crippen LogP contribution in [0.2, 0.25) is 5.02 Å². The Morgan fingerprint density at radius 3 is 2.65 bits per heavy atom. The van der Waals surface area contributed by atoms with Crippen LogP contribution in [0.15, 0.2) is 48.7 Å². The Labute approximate surface area is 152 Å². The highest BCUT2D eigenvalue weighted by Gasteiger charge is 2.25. The van der Waals surface area contributed by atoms with Gasteiger partial charge in [-0.05, 0) is 19.1 Å². The van der Waals surface area contributed by atoms with Crippen molar-refractivity contribution in [2.24, 2.45) is 0 Å². The fourth-order valence-corrected chi connectivity index (χ4v) is 2.75. The fraction of sp³-hybridized carbons (Fsp3) is 0.111. The van der Waals surface area contributed by atoms with Gasteiger partial charge in [-0.1, -0.05) is 29.8 Å². The van der Waals surface area contributed by atoms with Crippen molar-refractivity contribution < 1.29 is 19.2 Å². The van der Waals surface area contributed by atoms with Crippen molar-refractivity contribution in [3.05, 3.63) is 74.9 Å². The van der Waals surface area contributed by atoms with E-state index in [1.54, 1.807) is 18.3 Å². The maximum atomic E-state index is 12.6. The zero-order chi connectivity index (χ0) is 18.8. The van der Waals surface area contributed by atoms with Crippen LogP contribution in [-0.4, -0.2) is 27.8 Å². The minimum atomic E-state index is -1.09. The summed E-state index contributed by atoms with van der Waals surface area (Å²) < 4.78 is 5.18. The zero-order valence-corrected chi connectivity index (χ0v) is 14.3. The molecule has 0 aliphatic rings. The van der Waals surface area contributed by atoms with Crippen molar-refractivity contribution in [2.75, 3.05) is 0 Å². The summed E-state index contributed by atoms with van der Waals surface area (Å²) in [6, 6.07) is 10.7. The molecule has 7 nitrogen and oxygen atoms in total. The molecule has 0 bridgehead atoms. The zero-order valence-electron chi connectivity index (χ0n) is 13.6. The number of ketones is 1. The molecule has 26 heavy (non-hydrogen) atoms. The monoisotopic (exact) mass is 372 g/mol. The van der Waals surface area contributed by atoms with Crippen LogP contribution in [0.1, 0.15) is 27.6 Å². The van der Waals surface area contributed by atoms with Crippen LogP contribution in [0.3, 0.4) is 0 Å². The number of halogens is 1. The number of hydrogen-bond donors (Lipinski definition) is 1. The first-order valence-electron chi connectivity index (χ1n) is 7.63. The molecule has 0 saturated heterocycles. The lowest BCUT2D eigenvalue weighted by Gasteiger charge is -2.12. The normalized spacial score (nSPS) is 11.9. The van der Waals surface area contributed by atoms with Crippen LogP contribution < -0.4 is 0 Å². The van der Waals surface area contributed by atoms with Crippen LogP contribution in [0.5, 0.6) is 0 Å². The molecule has 0 aliphatic carbocycles. The highest BCUT2D eigenvalue weighted by atomic mass is 35.5. The topological polar surface area (TPSA) is 102 Å². The van der Waals surface area contributed by atoms with Crippen molar-refractivity contribution in [1.82, 2.24) is 4.98 Å². The molecule has 0 fully saturated rings. The minimum absolute atomic E-state index is 0.00680. The number of aromatic amines is 1. The maximum Gasteiger partial charge on any atom is 0.340 e. The van der Waals surface area contributed by atoms with Gasteiger partial charge in [0.15, 0.2) is 6.10 Å². The lowest BCUT2D eigenvalue weighted by Crippen LogP contribution is -2.24. The van der Waals surface area contributed by atoms with Gasteiger partial charge in [0.25, 0.3) is 5.69 Å². The van der Waals surface area contributed by atoms with E-state index >= 15 is 0 Å². The van der Waals surface area contributed by atoms with E-state index in [4.69, 9.17) is 16.3 Å². The molecular weight excluding hydrogens is 360 g/mol. The van der Waals surface area contributed by atoms with Crippen molar-refractivity contribution in [2.45, 2.75) is 13.0 Å². The summed E-state index contributed by atoms with van der Waals surface area (Å²) in [6.07, 6.45) is 0.467. The van der Waals surface area contributed by atoms with Gasteiger partial charge < -0.3 is 9.72 Å². The molecule has 3 rings (SSSR count). The number of fused-ring (bicyclic) bond motifs is 1. The van der Waals surface area contributed by atoms with Gasteiger partial charge in [0.1, 0.15) is 0 Å². The standard InChI is InChI=1S/C18H13ClN2O5/c1-10(17(22)14-9-20-16-5-3-2-4-12(14)16)26-18(23)13-8-11(21(24)25)6-7-15(13)19/h2-10,20H,1H3/t10-/m0/s1. The summed E-state index contributed by atoms with van der Waals surface area (Å²) in [5.41, 5.74) is 0.721. The fourth-order valence-electron chi connectivity index (χ4n) is 2.56. The second-order valence-electron chi connectivity index (χ2n) is 5.58. The number of rotatable bonds is 5. The number of nitrogens with zero attached hydrogens (tertiary/aromatic N) is 1. The Morgan fingerprint density at radius 2 is 1.92 bits per heavy atom. The van der Waals surface area contributed by atoms with Gasteiger partial charge in [-0.2, -0.15) is 0 Å². The lowest BCUT2D eigenvalue weighted by molar-refractivity contribution is -0.384. The van der Waals surface area contributed by atoms with Crippen LogP contribution in [-0.2, 0) is 4.74 Å². The molecule has 1 aromatic heterocycles. The molecule has 0 saturated carbocycles. The summed E-state index contributed by atoms with van der Waals surface area (Å²) in [5.74, 6) is -1.29. The van der Waals surface area contributed by atoms with E-state index in [0.717, 1.165) is 11.6 Å². The van der Waals surface area contributed by atoms with Gasteiger partial charge in [0.05, 0.1) is 15.5 Å². The number of esters is 1. The van der Waals surface area contributed by atoms with Crippen molar-refractivity contribution in [1.29, 1.82) is 0 Å². The Hall–Kier alpha value is -3.19. The Kier molecular flexibility index (Phi) is 4.73. The van der Waals surface area contributed by atoms with Gasteiger partial charge >= 0.3 is 5.97 Å². The van der Waals surface area contributed by atoms with Gasteiger partial charge in [0.2, 0.25) is 5.78 Å². The smallest absolute Gasteiger partial charge is 0.340 e. The predicted molar refractivity (Wildman–Crippen MR) is 95.6 cm³/mol.